The van der Waals surface area contributed by atoms with E-state index in [4.69, 9.17) is 23.7 Å². The predicted molar refractivity (Wildman–Crippen MR) is 167 cm³/mol. The van der Waals surface area contributed by atoms with Gasteiger partial charge in [0, 0.05) is 9.82 Å². The summed E-state index contributed by atoms with van der Waals surface area (Å²) in [6.07, 6.45) is -3.74. The molecule has 4 atom stereocenters. The van der Waals surface area contributed by atoms with E-state index in [0.717, 1.165) is 22.3 Å². The lowest BCUT2D eigenvalue weighted by atomic mass is 9.94. The normalized spacial score (nSPS) is 22.6. The van der Waals surface area contributed by atoms with Crippen LogP contribution < -0.4 is 0 Å². The molecule has 11 heteroatoms. The van der Waals surface area contributed by atoms with Crippen molar-refractivity contribution in [1.29, 1.82) is 0 Å². The van der Waals surface area contributed by atoms with Crippen molar-refractivity contribution in [1.82, 2.24) is 0 Å². The van der Waals surface area contributed by atoms with E-state index < -0.39 is 30.3 Å². The molecular weight excluding hydrogens is 572 g/mol. The van der Waals surface area contributed by atoms with Crippen LogP contribution in [0, 0.1) is 0 Å². The van der Waals surface area contributed by atoms with E-state index in [9.17, 15) is 11.1 Å². The third-order valence-corrected chi connectivity index (χ3v) is 7.30. The molecule has 230 valence electrons. The summed E-state index contributed by atoms with van der Waals surface area (Å²) in [4.78, 5) is 6.01. The van der Waals surface area contributed by atoms with Crippen molar-refractivity contribution in [3.8, 4) is 0 Å². The van der Waals surface area contributed by atoms with E-state index in [1.165, 1.54) is 0 Å². The van der Waals surface area contributed by atoms with Crippen LogP contribution in [0.4, 0.5) is 0 Å². The standard InChI is InChI=1S/C34H34N6O5/c35-39-37-34(38-40-36)33(44-24-29-19-11-4-12-20-29)32(43-23-28-17-9-3-10-18-28)31(42-22-27-15-7-2-8-16-27)30(45-34)25-41-21-26-13-5-1-6-14-26/h1-20,30-33H,21-25H2/t30-,31-,32+,33-/m1/s1. The van der Waals surface area contributed by atoms with Gasteiger partial charge in [0.2, 0.25) is 0 Å². The van der Waals surface area contributed by atoms with Gasteiger partial charge in [-0.1, -0.05) is 121 Å². The average molecular weight is 607 g/mol. The van der Waals surface area contributed by atoms with E-state index in [1.807, 2.05) is 121 Å². The lowest BCUT2D eigenvalue weighted by Gasteiger charge is -2.49. The SMILES string of the molecule is [N-]=[N+]=NC1(N=[N+]=[N-])O[C@H](COCc2ccccc2)[C@@H](OCc2ccccc2)[C@H](OCc2ccccc2)[C@H]1OCc1ccccc1. The van der Waals surface area contributed by atoms with E-state index in [0.29, 0.717) is 6.61 Å². The minimum atomic E-state index is -2.13. The summed E-state index contributed by atoms with van der Waals surface area (Å²) in [5.74, 6) is -2.13. The van der Waals surface area contributed by atoms with Gasteiger partial charge in [-0.25, -0.2) is 0 Å². The van der Waals surface area contributed by atoms with Crippen LogP contribution in [0.3, 0.4) is 0 Å². The van der Waals surface area contributed by atoms with Gasteiger partial charge in [0.15, 0.2) is 0 Å². The lowest BCUT2D eigenvalue weighted by molar-refractivity contribution is -0.305. The fraction of sp³-hybridized carbons (Fsp3) is 0.294. The van der Waals surface area contributed by atoms with Gasteiger partial charge < -0.3 is 23.7 Å². The molecule has 45 heavy (non-hydrogen) atoms. The molecular formula is C34H34N6O5. The topological polar surface area (TPSA) is 144 Å². The van der Waals surface area contributed by atoms with Crippen LogP contribution in [0.15, 0.2) is 132 Å². The molecule has 1 aliphatic rings. The minimum absolute atomic E-state index is 0.0224. The van der Waals surface area contributed by atoms with Gasteiger partial charge in [0.1, 0.15) is 24.4 Å². The number of hydrogen-bond donors (Lipinski definition) is 0. The first-order valence-corrected chi connectivity index (χ1v) is 14.6. The smallest absolute Gasteiger partial charge is 0.255 e. The third-order valence-electron chi connectivity index (χ3n) is 7.30. The second-order valence-corrected chi connectivity index (χ2v) is 10.4. The highest BCUT2D eigenvalue weighted by Crippen LogP contribution is 2.39. The Hall–Kier alpha value is -4.70. The molecule has 0 bridgehead atoms. The van der Waals surface area contributed by atoms with Crippen LogP contribution in [0.2, 0.25) is 0 Å². The largest absolute Gasteiger partial charge is 0.374 e. The van der Waals surface area contributed by atoms with Crippen molar-refractivity contribution in [2.24, 2.45) is 10.2 Å². The quantitative estimate of drug-likeness (QED) is 0.0776. The molecule has 1 heterocycles. The Morgan fingerprint density at radius 3 is 1.40 bits per heavy atom. The summed E-state index contributed by atoms with van der Waals surface area (Å²) in [6, 6.07) is 38.5. The molecule has 0 aromatic heterocycles. The maximum atomic E-state index is 9.67. The van der Waals surface area contributed by atoms with Crippen LogP contribution in [0.25, 0.3) is 20.9 Å². The fourth-order valence-corrected chi connectivity index (χ4v) is 5.14. The highest BCUT2D eigenvalue weighted by atomic mass is 16.6. The molecule has 0 spiro atoms. The second-order valence-electron chi connectivity index (χ2n) is 10.4. The molecule has 0 N–H and O–H groups in total. The van der Waals surface area contributed by atoms with Crippen LogP contribution in [0.1, 0.15) is 22.3 Å². The van der Waals surface area contributed by atoms with E-state index in [2.05, 4.69) is 20.1 Å². The van der Waals surface area contributed by atoms with Crippen LogP contribution >= 0.6 is 0 Å². The zero-order valence-corrected chi connectivity index (χ0v) is 24.6. The van der Waals surface area contributed by atoms with Gasteiger partial charge in [-0.3, -0.25) is 0 Å². The molecule has 1 aliphatic heterocycles. The maximum Gasteiger partial charge on any atom is 0.255 e. The summed E-state index contributed by atoms with van der Waals surface area (Å²) < 4.78 is 32.0. The van der Waals surface area contributed by atoms with Crippen LogP contribution in [-0.4, -0.2) is 36.9 Å². The zero-order valence-electron chi connectivity index (χ0n) is 24.6. The third kappa shape index (κ3) is 8.69. The number of ether oxygens (including phenoxy) is 5. The first-order valence-electron chi connectivity index (χ1n) is 14.6. The molecule has 5 rings (SSSR count). The molecule has 0 radical (unpaired) electrons. The van der Waals surface area contributed by atoms with Gasteiger partial charge in [-0.2, -0.15) is 0 Å². The van der Waals surface area contributed by atoms with Gasteiger partial charge in [0.05, 0.1) is 33.0 Å². The Morgan fingerprint density at radius 2 is 0.956 bits per heavy atom. The average Bonchev–Trinajstić information content (AvgIpc) is 3.08. The molecule has 11 nitrogen and oxygen atoms in total. The molecule has 0 aliphatic carbocycles. The van der Waals surface area contributed by atoms with Crippen molar-refractivity contribution in [2.45, 2.75) is 56.7 Å². The molecule has 0 saturated carbocycles. The maximum absolute atomic E-state index is 9.67. The van der Waals surface area contributed by atoms with Crippen molar-refractivity contribution in [3.63, 3.8) is 0 Å². The molecule has 4 aromatic rings. The highest BCUT2D eigenvalue weighted by molar-refractivity contribution is 5.17. The van der Waals surface area contributed by atoms with E-state index >= 15 is 0 Å². The van der Waals surface area contributed by atoms with Gasteiger partial charge in [0.25, 0.3) is 5.85 Å². The van der Waals surface area contributed by atoms with Crippen molar-refractivity contribution >= 4 is 0 Å². The number of benzene rings is 4. The molecule has 0 unspecified atom stereocenters. The number of azide groups is 1. The summed E-state index contributed by atoms with van der Waals surface area (Å²) in [6.45, 7) is 0.837. The molecule has 0 amide bonds. The summed E-state index contributed by atoms with van der Waals surface area (Å²) >= 11 is 0. The molecule has 4 aromatic carbocycles. The Bertz CT molecular complexity index is 1530. The highest BCUT2D eigenvalue weighted by Gasteiger charge is 2.57. The Balaban J connectivity index is 1.51. The van der Waals surface area contributed by atoms with Crippen molar-refractivity contribution in [2.75, 3.05) is 6.61 Å². The van der Waals surface area contributed by atoms with Gasteiger partial charge in [-0.05, 0) is 43.5 Å². The van der Waals surface area contributed by atoms with Crippen LogP contribution in [0.5, 0.6) is 0 Å². The number of rotatable bonds is 15. The Labute approximate surface area is 261 Å². The molecule has 1 fully saturated rings. The van der Waals surface area contributed by atoms with Crippen LogP contribution in [-0.2, 0) is 50.1 Å². The fourth-order valence-electron chi connectivity index (χ4n) is 5.14. The Morgan fingerprint density at radius 1 is 0.556 bits per heavy atom. The number of hydrogen-bond acceptors (Lipinski definition) is 7. The monoisotopic (exact) mass is 606 g/mol. The van der Waals surface area contributed by atoms with Gasteiger partial charge in [-0.15, -0.1) is 0 Å². The first kappa shape index (κ1) is 31.7. The Kier molecular flexibility index (Phi) is 11.6. The second kappa shape index (κ2) is 16.4. The summed E-state index contributed by atoms with van der Waals surface area (Å²) in [7, 11) is 0. The zero-order chi connectivity index (χ0) is 31.2. The summed E-state index contributed by atoms with van der Waals surface area (Å²) in [5, 5.41) is 7.79. The minimum Gasteiger partial charge on any atom is -0.374 e. The lowest BCUT2D eigenvalue weighted by Crippen LogP contribution is -2.65. The first-order chi connectivity index (χ1) is 22.2. The predicted octanol–water partition coefficient (Wildman–Crippen LogP) is 7.63. The summed E-state index contributed by atoms with van der Waals surface area (Å²) in [5.41, 5.74) is 23.0. The molecule has 1 saturated heterocycles. The van der Waals surface area contributed by atoms with Crippen molar-refractivity contribution in [3.05, 3.63) is 164 Å². The van der Waals surface area contributed by atoms with Gasteiger partial charge >= 0.3 is 0 Å². The van der Waals surface area contributed by atoms with E-state index in [1.54, 1.807) is 0 Å². The van der Waals surface area contributed by atoms with E-state index in [-0.39, 0.29) is 26.4 Å². The number of nitrogens with zero attached hydrogens (tertiary/aromatic N) is 6. The van der Waals surface area contributed by atoms with Crippen molar-refractivity contribution < 1.29 is 23.7 Å².